The number of carbonyl (C=O) groups is 2. The van der Waals surface area contributed by atoms with Gasteiger partial charge in [0, 0.05) is 29.1 Å². The topological polar surface area (TPSA) is 49.4 Å². The van der Waals surface area contributed by atoms with E-state index >= 15 is 0 Å². The van der Waals surface area contributed by atoms with E-state index in [0.717, 1.165) is 36.8 Å². The Morgan fingerprint density at radius 2 is 1.77 bits per heavy atom. The van der Waals surface area contributed by atoms with Crippen LogP contribution in [0.25, 0.3) is 0 Å². The molecule has 31 heavy (non-hydrogen) atoms. The maximum Gasteiger partial charge on any atom is 0.242 e. The van der Waals surface area contributed by atoms with E-state index in [-0.39, 0.29) is 24.4 Å². The van der Waals surface area contributed by atoms with Crippen LogP contribution in [0.2, 0.25) is 10.0 Å². The lowest BCUT2D eigenvalue weighted by atomic mass is 10.1. The molecule has 1 aliphatic rings. The summed E-state index contributed by atoms with van der Waals surface area (Å²) < 4.78 is 0. The van der Waals surface area contributed by atoms with E-state index in [1.165, 1.54) is 5.56 Å². The Kier molecular flexibility index (Phi) is 8.39. The number of rotatable bonds is 8. The van der Waals surface area contributed by atoms with E-state index in [1.54, 1.807) is 24.0 Å². The molecule has 0 heterocycles. The number of nitrogens with zero attached hydrogens (tertiary/aromatic N) is 1. The number of carbonyl (C=O) groups excluding carboxylic acids is 2. The lowest BCUT2D eigenvalue weighted by Crippen LogP contribution is -2.49. The minimum atomic E-state index is -0.585. The van der Waals surface area contributed by atoms with Gasteiger partial charge in [-0.15, -0.1) is 0 Å². The number of amides is 2. The lowest BCUT2D eigenvalue weighted by Gasteiger charge is -2.30. The first-order valence-electron chi connectivity index (χ1n) is 10.9. The molecule has 2 aromatic carbocycles. The van der Waals surface area contributed by atoms with E-state index in [2.05, 4.69) is 5.32 Å². The molecule has 0 unspecified atom stereocenters. The van der Waals surface area contributed by atoms with Crippen LogP contribution in [0.4, 0.5) is 0 Å². The quantitative estimate of drug-likeness (QED) is 0.548. The van der Waals surface area contributed by atoms with Crippen LogP contribution >= 0.6 is 23.2 Å². The molecule has 1 fully saturated rings. The van der Waals surface area contributed by atoms with Gasteiger partial charge in [0.15, 0.2) is 0 Å². The Bertz CT molecular complexity index is 908. The molecule has 2 amide bonds. The normalized spacial score (nSPS) is 15.0. The molecule has 166 valence electrons. The van der Waals surface area contributed by atoms with Crippen molar-refractivity contribution in [3.05, 3.63) is 69.2 Å². The summed E-state index contributed by atoms with van der Waals surface area (Å²) in [5.74, 6) is -0.179. The number of halogens is 2. The molecule has 1 saturated carbocycles. The first kappa shape index (κ1) is 23.6. The molecule has 1 atom stereocenters. The van der Waals surface area contributed by atoms with E-state index in [0.29, 0.717) is 22.9 Å². The van der Waals surface area contributed by atoms with Crippen LogP contribution in [0.15, 0.2) is 42.5 Å². The summed E-state index contributed by atoms with van der Waals surface area (Å²) in [5, 5.41) is 4.15. The van der Waals surface area contributed by atoms with Crippen molar-refractivity contribution in [1.82, 2.24) is 10.2 Å². The molecule has 0 spiro atoms. The highest BCUT2D eigenvalue weighted by atomic mass is 35.5. The fourth-order valence-corrected chi connectivity index (χ4v) is 4.43. The molecule has 6 heteroatoms. The second-order valence-electron chi connectivity index (χ2n) is 8.41. The van der Waals surface area contributed by atoms with Crippen molar-refractivity contribution < 1.29 is 9.59 Å². The van der Waals surface area contributed by atoms with Crippen LogP contribution in [-0.4, -0.2) is 28.8 Å². The summed E-state index contributed by atoms with van der Waals surface area (Å²) in [4.78, 5) is 27.8. The number of hydrogen-bond donors (Lipinski definition) is 1. The first-order valence-corrected chi connectivity index (χ1v) is 11.7. The first-order chi connectivity index (χ1) is 14.8. The summed E-state index contributed by atoms with van der Waals surface area (Å²) in [7, 11) is 0. The van der Waals surface area contributed by atoms with Crippen molar-refractivity contribution in [1.29, 1.82) is 0 Å². The second kappa shape index (κ2) is 11.0. The number of aryl methyl sites for hydroxylation is 2. The Morgan fingerprint density at radius 3 is 2.42 bits per heavy atom. The van der Waals surface area contributed by atoms with Crippen LogP contribution in [0.1, 0.15) is 55.7 Å². The van der Waals surface area contributed by atoms with Crippen molar-refractivity contribution >= 4 is 35.0 Å². The average Bonchev–Trinajstić information content (AvgIpc) is 3.25. The molecule has 0 saturated heterocycles. The highest BCUT2D eigenvalue weighted by Crippen LogP contribution is 2.24. The van der Waals surface area contributed by atoms with Gasteiger partial charge in [-0.2, -0.15) is 0 Å². The van der Waals surface area contributed by atoms with E-state index in [1.807, 2.05) is 37.3 Å². The van der Waals surface area contributed by atoms with Crippen LogP contribution in [-0.2, 0) is 22.6 Å². The molecular weight excluding hydrogens is 431 g/mol. The van der Waals surface area contributed by atoms with Gasteiger partial charge in [0.2, 0.25) is 11.8 Å². The monoisotopic (exact) mass is 460 g/mol. The molecule has 0 radical (unpaired) electrons. The summed E-state index contributed by atoms with van der Waals surface area (Å²) in [6.45, 7) is 4.09. The standard InChI is InChI=1S/C25H30Cl2N2O2/c1-17-7-9-19(10-8-17)11-14-24(30)29(16-20-12-13-21(26)15-23(20)27)18(2)25(31)28-22-5-3-4-6-22/h7-10,12-13,15,18,22H,3-6,11,14,16H2,1-2H3,(H,28,31)/t18-/m1/s1. The fourth-order valence-electron chi connectivity index (χ4n) is 3.96. The van der Waals surface area contributed by atoms with Gasteiger partial charge < -0.3 is 10.2 Å². The van der Waals surface area contributed by atoms with Gasteiger partial charge in [-0.1, -0.05) is 71.9 Å². The van der Waals surface area contributed by atoms with Crippen LogP contribution in [0.3, 0.4) is 0 Å². The Balaban J connectivity index is 1.73. The predicted octanol–water partition coefficient (Wildman–Crippen LogP) is 5.71. The molecular formula is C25H30Cl2N2O2. The Labute approximate surface area is 194 Å². The summed E-state index contributed by atoms with van der Waals surface area (Å²) >= 11 is 12.4. The van der Waals surface area contributed by atoms with E-state index in [4.69, 9.17) is 23.2 Å². The van der Waals surface area contributed by atoms with Crippen molar-refractivity contribution in [3.63, 3.8) is 0 Å². The van der Waals surface area contributed by atoms with E-state index in [9.17, 15) is 9.59 Å². The van der Waals surface area contributed by atoms with Gasteiger partial charge in [-0.3, -0.25) is 9.59 Å². The van der Waals surface area contributed by atoms with Crippen LogP contribution in [0, 0.1) is 6.92 Å². The maximum absolute atomic E-state index is 13.2. The summed E-state index contributed by atoms with van der Waals surface area (Å²) in [6.07, 6.45) is 5.24. The molecule has 1 N–H and O–H groups in total. The number of hydrogen-bond acceptors (Lipinski definition) is 2. The molecule has 0 aliphatic heterocycles. The SMILES string of the molecule is Cc1ccc(CCC(=O)N(Cc2ccc(Cl)cc2Cl)[C@H](C)C(=O)NC2CCCC2)cc1. The maximum atomic E-state index is 13.2. The molecule has 2 aromatic rings. The number of nitrogens with one attached hydrogen (secondary N) is 1. The largest absolute Gasteiger partial charge is 0.352 e. The minimum Gasteiger partial charge on any atom is -0.352 e. The Hall–Kier alpha value is -2.04. The van der Waals surface area contributed by atoms with Crippen LogP contribution in [0.5, 0.6) is 0 Å². The van der Waals surface area contributed by atoms with Gasteiger partial charge in [0.25, 0.3) is 0 Å². The van der Waals surface area contributed by atoms with E-state index < -0.39 is 6.04 Å². The summed E-state index contributed by atoms with van der Waals surface area (Å²) in [6, 6.07) is 13.0. The molecule has 1 aliphatic carbocycles. The van der Waals surface area contributed by atoms with Gasteiger partial charge in [0.1, 0.15) is 6.04 Å². The number of benzene rings is 2. The zero-order valence-electron chi connectivity index (χ0n) is 18.2. The third-order valence-electron chi connectivity index (χ3n) is 5.97. The highest BCUT2D eigenvalue weighted by Gasteiger charge is 2.28. The molecule has 0 bridgehead atoms. The Morgan fingerprint density at radius 1 is 1.10 bits per heavy atom. The van der Waals surface area contributed by atoms with Crippen molar-refractivity contribution in [2.24, 2.45) is 0 Å². The second-order valence-corrected chi connectivity index (χ2v) is 9.25. The zero-order chi connectivity index (χ0) is 22.4. The smallest absolute Gasteiger partial charge is 0.242 e. The van der Waals surface area contributed by atoms with Gasteiger partial charge >= 0.3 is 0 Å². The summed E-state index contributed by atoms with van der Waals surface area (Å²) in [5.41, 5.74) is 3.06. The molecule has 0 aromatic heterocycles. The molecule has 3 rings (SSSR count). The van der Waals surface area contributed by atoms with Crippen molar-refractivity contribution in [2.45, 2.75) is 71.0 Å². The van der Waals surface area contributed by atoms with Gasteiger partial charge in [0.05, 0.1) is 0 Å². The fraction of sp³-hybridized carbons (Fsp3) is 0.440. The van der Waals surface area contributed by atoms with Crippen LogP contribution < -0.4 is 5.32 Å². The van der Waals surface area contributed by atoms with Gasteiger partial charge in [-0.05, 0) is 56.4 Å². The molecule has 4 nitrogen and oxygen atoms in total. The minimum absolute atomic E-state index is 0.0688. The zero-order valence-corrected chi connectivity index (χ0v) is 19.7. The lowest BCUT2D eigenvalue weighted by molar-refractivity contribution is -0.140. The predicted molar refractivity (Wildman–Crippen MR) is 126 cm³/mol. The van der Waals surface area contributed by atoms with Crippen molar-refractivity contribution in [3.8, 4) is 0 Å². The van der Waals surface area contributed by atoms with Gasteiger partial charge in [-0.25, -0.2) is 0 Å². The van der Waals surface area contributed by atoms with Crippen molar-refractivity contribution in [2.75, 3.05) is 0 Å². The third kappa shape index (κ3) is 6.72. The average molecular weight is 461 g/mol. The highest BCUT2D eigenvalue weighted by molar-refractivity contribution is 6.35. The third-order valence-corrected chi connectivity index (χ3v) is 6.56.